The van der Waals surface area contributed by atoms with Gasteiger partial charge in [-0.15, -0.1) is 0 Å². The zero-order valence-corrected chi connectivity index (χ0v) is 16.2. The molecule has 0 fully saturated rings. The van der Waals surface area contributed by atoms with E-state index in [-0.39, 0.29) is 18.2 Å². The molecule has 26 heavy (non-hydrogen) atoms. The molecule has 0 saturated carbocycles. The Balaban J connectivity index is 1.91. The number of halogens is 1. The average Bonchev–Trinajstić information content (AvgIpc) is 2.64. The third-order valence-electron chi connectivity index (χ3n) is 4.08. The number of nitrogens with zero attached hydrogens (tertiary/aromatic N) is 4. The normalized spacial score (nSPS) is 14.2. The van der Waals surface area contributed by atoms with Gasteiger partial charge in [0.05, 0.1) is 5.69 Å². The molecule has 1 aliphatic rings. The highest BCUT2D eigenvalue weighted by molar-refractivity contribution is 9.10. The molecule has 0 N–H and O–H groups in total. The minimum atomic E-state index is -0.229. The van der Waals surface area contributed by atoms with Crippen molar-refractivity contribution in [3.8, 4) is 0 Å². The molecule has 0 atom stereocenters. The molecule has 3 rings (SSSR count). The third kappa shape index (κ3) is 3.83. The first-order valence-electron chi connectivity index (χ1n) is 8.40. The Morgan fingerprint density at radius 1 is 1.27 bits per heavy atom. The lowest BCUT2D eigenvalue weighted by atomic mass is 10.1. The van der Waals surface area contributed by atoms with Gasteiger partial charge in [0.1, 0.15) is 11.5 Å². The van der Waals surface area contributed by atoms with Gasteiger partial charge < -0.3 is 0 Å². The highest BCUT2D eigenvalue weighted by atomic mass is 79.9. The summed E-state index contributed by atoms with van der Waals surface area (Å²) in [4.78, 5) is 31.1. The smallest absolute Gasteiger partial charge is 0.275 e. The molecule has 134 valence electrons. The summed E-state index contributed by atoms with van der Waals surface area (Å²) in [6.07, 6.45) is 2.23. The number of carbonyl (C=O) groups excluding carboxylic acids is 2. The van der Waals surface area contributed by atoms with Gasteiger partial charge in [0.25, 0.3) is 5.91 Å². The Morgan fingerprint density at radius 2 is 2.08 bits per heavy atom. The van der Waals surface area contributed by atoms with Crippen LogP contribution in [0.1, 0.15) is 25.3 Å². The molecule has 0 bridgehead atoms. The van der Waals surface area contributed by atoms with Gasteiger partial charge in [-0.25, -0.2) is 9.99 Å². The lowest BCUT2D eigenvalue weighted by Crippen LogP contribution is -2.42. The fourth-order valence-electron chi connectivity index (χ4n) is 2.76. The van der Waals surface area contributed by atoms with Crippen LogP contribution >= 0.6 is 15.9 Å². The third-order valence-corrected chi connectivity index (χ3v) is 4.54. The van der Waals surface area contributed by atoms with Crippen molar-refractivity contribution in [2.24, 2.45) is 5.10 Å². The summed E-state index contributed by atoms with van der Waals surface area (Å²) < 4.78 is 0.843. The summed E-state index contributed by atoms with van der Waals surface area (Å²) in [6, 6.07) is 11.1. The molecule has 6 nitrogen and oxygen atoms in total. The first kappa shape index (κ1) is 18.3. The quantitative estimate of drug-likeness (QED) is 0.765. The Bertz CT molecular complexity index is 864. The SMILES string of the molecule is CCN(C(=O)C1=NN(c2cccc(C)c2)C(=O)CC1)c1ccc(Br)cn1. The van der Waals surface area contributed by atoms with Crippen molar-refractivity contribution in [1.29, 1.82) is 0 Å². The van der Waals surface area contributed by atoms with Crippen molar-refractivity contribution in [2.75, 3.05) is 16.5 Å². The molecule has 1 aromatic heterocycles. The lowest BCUT2D eigenvalue weighted by Gasteiger charge is -2.26. The van der Waals surface area contributed by atoms with Gasteiger partial charge in [-0.1, -0.05) is 12.1 Å². The first-order valence-corrected chi connectivity index (χ1v) is 9.19. The van der Waals surface area contributed by atoms with Crippen LogP contribution in [0.5, 0.6) is 0 Å². The number of amides is 2. The van der Waals surface area contributed by atoms with Crippen LogP contribution in [0.15, 0.2) is 52.2 Å². The number of anilines is 2. The van der Waals surface area contributed by atoms with Crippen molar-refractivity contribution in [1.82, 2.24) is 4.98 Å². The number of benzene rings is 1. The van der Waals surface area contributed by atoms with E-state index in [9.17, 15) is 9.59 Å². The van der Waals surface area contributed by atoms with Crippen molar-refractivity contribution in [3.63, 3.8) is 0 Å². The van der Waals surface area contributed by atoms with Crippen LogP contribution < -0.4 is 9.91 Å². The van der Waals surface area contributed by atoms with Crippen molar-refractivity contribution < 1.29 is 9.59 Å². The molecule has 7 heteroatoms. The van der Waals surface area contributed by atoms with E-state index in [0.717, 1.165) is 10.0 Å². The Hall–Kier alpha value is -2.54. The van der Waals surface area contributed by atoms with E-state index in [1.807, 2.05) is 44.2 Å². The largest absolute Gasteiger partial charge is 0.292 e. The summed E-state index contributed by atoms with van der Waals surface area (Å²) in [5.41, 5.74) is 2.06. The monoisotopic (exact) mass is 414 g/mol. The highest BCUT2D eigenvalue weighted by Crippen LogP contribution is 2.23. The molecule has 0 unspecified atom stereocenters. The second-order valence-electron chi connectivity index (χ2n) is 5.98. The molecule has 2 heterocycles. The van der Waals surface area contributed by atoms with E-state index in [2.05, 4.69) is 26.0 Å². The maximum Gasteiger partial charge on any atom is 0.275 e. The number of aromatic nitrogens is 1. The highest BCUT2D eigenvalue weighted by Gasteiger charge is 2.29. The minimum Gasteiger partial charge on any atom is -0.292 e. The molecule has 1 aliphatic heterocycles. The first-order chi connectivity index (χ1) is 12.5. The van der Waals surface area contributed by atoms with E-state index in [1.165, 1.54) is 5.01 Å². The summed E-state index contributed by atoms with van der Waals surface area (Å²) >= 11 is 3.34. The molecule has 0 saturated heterocycles. The molecule has 2 amide bonds. The van der Waals surface area contributed by atoms with Crippen LogP contribution in [0, 0.1) is 6.92 Å². The molecule has 2 aromatic rings. The summed E-state index contributed by atoms with van der Waals surface area (Å²) in [6.45, 7) is 4.30. The van der Waals surface area contributed by atoms with Gasteiger partial charge in [-0.2, -0.15) is 5.10 Å². The van der Waals surface area contributed by atoms with Crippen molar-refractivity contribution in [3.05, 3.63) is 52.6 Å². The molecule has 0 radical (unpaired) electrons. The van der Waals surface area contributed by atoms with Crippen molar-refractivity contribution in [2.45, 2.75) is 26.7 Å². The van der Waals surface area contributed by atoms with Crippen LogP contribution in [-0.4, -0.2) is 29.1 Å². The Morgan fingerprint density at radius 3 is 2.73 bits per heavy atom. The summed E-state index contributed by atoms with van der Waals surface area (Å²) in [5.74, 6) is 0.215. The molecular weight excluding hydrogens is 396 g/mol. The number of carbonyl (C=O) groups is 2. The Labute approximate surface area is 160 Å². The van der Waals surface area contributed by atoms with Crippen LogP contribution in [0.3, 0.4) is 0 Å². The van der Waals surface area contributed by atoms with E-state index >= 15 is 0 Å². The number of aryl methyl sites for hydroxylation is 1. The average molecular weight is 415 g/mol. The Kier molecular flexibility index (Phi) is 5.46. The van der Waals surface area contributed by atoms with Crippen LogP contribution in [0.25, 0.3) is 0 Å². The molecule has 1 aromatic carbocycles. The van der Waals surface area contributed by atoms with Gasteiger partial charge in [-0.05, 0) is 59.6 Å². The van der Waals surface area contributed by atoms with Gasteiger partial charge in [-0.3, -0.25) is 14.5 Å². The number of pyridine rings is 1. The minimum absolute atomic E-state index is 0.114. The number of hydrogen-bond donors (Lipinski definition) is 0. The van der Waals surface area contributed by atoms with E-state index in [0.29, 0.717) is 30.2 Å². The van der Waals surface area contributed by atoms with Crippen LogP contribution in [0.4, 0.5) is 11.5 Å². The van der Waals surface area contributed by atoms with Crippen LogP contribution in [0.2, 0.25) is 0 Å². The molecular formula is C19H19BrN4O2. The second kappa shape index (κ2) is 7.78. The maximum absolute atomic E-state index is 13.0. The fourth-order valence-corrected chi connectivity index (χ4v) is 3.00. The lowest BCUT2D eigenvalue weighted by molar-refractivity contribution is -0.118. The maximum atomic E-state index is 13.0. The predicted octanol–water partition coefficient (Wildman–Crippen LogP) is 3.69. The van der Waals surface area contributed by atoms with Gasteiger partial charge in [0, 0.05) is 30.1 Å². The second-order valence-corrected chi connectivity index (χ2v) is 6.89. The zero-order chi connectivity index (χ0) is 18.7. The number of rotatable bonds is 4. The van der Waals surface area contributed by atoms with E-state index in [1.54, 1.807) is 17.2 Å². The predicted molar refractivity (Wildman–Crippen MR) is 105 cm³/mol. The topological polar surface area (TPSA) is 65.9 Å². The van der Waals surface area contributed by atoms with Gasteiger partial charge in [0.15, 0.2) is 0 Å². The van der Waals surface area contributed by atoms with Gasteiger partial charge in [0.2, 0.25) is 5.91 Å². The van der Waals surface area contributed by atoms with Crippen LogP contribution in [-0.2, 0) is 9.59 Å². The van der Waals surface area contributed by atoms with Gasteiger partial charge >= 0.3 is 0 Å². The zero-order valence-electron chi connectivity index (χ0n) is 14.6. The fraction of sp³-hybridized carbons (Fsp3) is 0.263. The summed E-state index contributed by atoms with van der Waals surface area (Å²) in [7, 11) is 0. The van der Waals surface area contributed by atoms with E-state index in [4.69, 9.17) is 0 Å². The summed E-state index contributed by atoms with van der Waals surface area (Å²) in [5, 5.41) is 5.68. The van der Waals surface area contributed by atoms with E-state index < -0.39 is 0 Å². The molecule has 0 spiro atoms. The standard InChI is InChI=1S/C19H19BrN4O2/c1-3-23(17-9-7-14(20)12-21-17)19(26)16-8-10-18(25)24(22-16)15-6-4-5-13(2)11-15/h4-7,9,11-12H,3,8,10H2,1-2H3. The molecule has 0 aliphatic carbocycles. The van der Waals surface area contributed by atoms with Crippen molar-refractivity contribution >= 4 is 45.0 Å². The number of hydrazone groups is 1. The number of hydrogen-bond acceptors (Lipinski definition) is 4.